The van der Waals surface area contributed by atoms with Crippen LogP contribution in [0.2, 0.25) is 0 Å². The minimum absolute atomic E-state index is 0.0259. The van der Waals surface area contributed by atoms with Gasteiger partial charge in [-0.25, -0.2) is 4.98 Å². The third-order valence-electron chi connectivity index (χ3n) is 5.12. The summed E-state index contributed by atoms with van der Waals surface area (Å²) in [5.74, 6) is 0.673. The van der Waals surface area contributed by atoms with Gasteiger partial charge in [0.15, 0.2) is 5.58 Å². The molecule has 4 rings (SSSR count). The molecule has 0 aliphatic carbocycles. The van der Waals surface area contributed by atoms with Crippen LogP contribution in [0.25, 0.3) is 11.1 Å². The molecule has 1 aliphatic rings. The second-order valence-corrected chi connectivity index (χ2v) is 8.19. The number of nitrogens with zero attached hydrogens (tertiary/aromatic N) is 1. The van der Waals surface area contributed by atoms with Crippen molar-refractivity contribution in [1.29, 1.82) is 0 Å². The average molecular weight is 413 g/mol. The molecular weight excluding hydrogens is 386 g/mol. The summed E-state index contributed by atoms with van der Waals surface area (Å²) in [7, 11) is 0. The van der Waals surface area contributed by atoms with Crippen molar-refractivity contribution in [2.75, 3.05) is 39.4 Å². The molecule has 2 N–H and O–H groups in total. The Labute approximate surface area is 174 Å². The van der Waals surface area contributed by atoms with Crippen LogP contribution in [0.5, 0.6) is 0 Å². The number of thioether (sulfide) groups is 1. The van der Waals surface area contributed by atoms with Crippen molar-refractivity contribution in [3.05, 3.63) is 59.2 Å². The third kappa shape index (κ3) is 5.18. The van der Waals surface area contributed by atoms with Crippen LogP contribution in [0, 0.1) is 6.92 Å². The van der Waals surface area contributed by atoms with Gasteiger partial charge in [-0.05, 0) is 36.2 Å². The molecule has 2 heterocycles. The number of aromatic nitrogens is 1. The third-order valence-corrected chi connectivity index (χ3v) is 6.02. The Balaban J connectivity index is 1.31. The first kappa shape index (κ1) is 19.9. The molecule has 1 saturated heterocycles. The first-order valence-electron chi connectivity index (χ1n) is 9.96. The van der Waals surface area contributed by atoms with Crippen molar-refractivity contribution in [1.82, 2.24) is 10.3 Å². The zero-order valence-corrected chi connectivity index (χ0v) is 17.4. The molecule has 0 spiro atoms. The number of carbonyl (C=O) groups is 1. The summed E-state index contributed by atoms with van der Waals surface area (Å²) in [4.78, 5) is 18.5. The second-order valence-electron chi connectivity index (χ2n) is 7.26. The lowest BCUT2D eigenvalue weighted by molar-refractivity contribution is -0.906. The zero-order valence-electron chi connectivity index (χ0n) is 16.6. The molecule has 0 bridgehead atoms. The number of para-hydroxylation sites is 1. The Morgan fingerprint density at radius 2 is 2.03 bits per heavy atom. The number of hydrogen-bond donors (Lipinski definition) is 2. The van der Waals surface area contributed by atoms with E-state index in [1.54, 1.807) is 11.8 Å². The van der Waals surface area contributed by atoms with Gasteiger partial charge in [0.25, 0.3) is 11.1 Å². The maximum Gasteiger partial charge on any atom is 0.257 e. The van der Waals surface area contributed by atoms with Crippen molar-refractivity contribution >= 4 is 28.8 Å². The van der Waals surface area contributed by atoms with Gasteiger partial charge in [-0.2, -0.15) is 0 Å². The maximum absolute atomic E-state index is 12.5. The van der Waals surface area contributed by atoms with Crippen LogP contribution < -0.4 is 10.2 Å². The number of aryl methyl sites for hydroxylation is 1. The standard InChI is InChI=1S/C22H25N3O3S/c1-16-4-2-7-19-20(16)24-22(28-19)29-15-17-5-3-6-18(14-17)21(26)23-8-9-25-10-12-27-13-11-25/h2-7,14H,8-13,15H2,1H3,(H,23,26)/p+1. The van der Waals surface area contributed by atoms with E-state index in [1.165, 1.54) is 4.90 Å². The summed E-state index contributed by atoms with van der Waals surface area (Å²) in [5.41, 5.74) is 4.58. The van der Waals surface area contributed by atoms with E-state index in [1.807, 2.05) is 49.4 Å². The Morgan fingerprint density at radius 3 is 2.86 bits per heavy atom. The van der Waals surface area contributed by atoms with E-state index in [0.717, 1.165) is 55.1 Å². The Morgan fingerprint density at radius 1 is 1.21 bits per heavy atom. The van der Waals surface area contributed by atoms with Gasteiger partial charge in [-0.3, -0.25) is 4.79 Å². The van der Waals surface area contributed by atoms with Gasteiger partial charge in [0.1, 0.15) is 18.6 Å². The number of quaternary nitrogens is 1. The van der Waals surface area contributed by atoms with Crippen LogP contribution in [0.15, 0.2) is 52.1 Å². The molecule has 0 saturated carbocycles. The SMILES string of the molecule is Cc1cccc2oc(SCc3cccc(C(=O)NCC[NH+]4CCOCC4)c3)nc12. The number of amides is 1. The first-order valence-corrected chi connectivity index (χ1v) is 10.9. The fourth-order valence-corrected chi connectivity index (χ4v) is 4.21. The predicted molar refractivity (Wildman–Crippen MR) is 113 cm³/mol. The summed E-state index contributed by atoms with van der Waals surface area (Å²) in [6.45, 7) is 7.28. The average Bonchev–Trinajstić information content (AvgIpc) is 3.18. The van der Waals surface area contributed by atoms with E-state index < -0.39 is 0 Å². The van der Waals surface area contributed by atoms with Gasteiger partial charge in [-0.1, -0.05) is 36.0 Å². The topological polar surface area (TPSA) is 68.8 Å². The smallest absolute Gasteiger partial charge is 0.257 e. The van der Waals surface area contributed by atoms with Gasteiger partial charge >= 0.3 is 0 Å². The Kier molecular flexibility index (Phi) is 6.49. The molecule has 3 aromatic rings. The van der Waals surface area contributed by atoms with Crippen molar-refractivity contribution in [2.45, 2.75) is 17.9 Å². The molecule has 1 aliphatic heterocycles. The number of rotatable bonds is 7. The minimum Gasteiger partial charge on any atom is -0.431 e. The van der Waals surface area contributed by atoms with Crippen molar-refractivity contribution < 1.29 is 18.8 Å². The molecule has 2 aromatic carbocycles. The zero-order chi connectivity index (χ0) is 20.1. The lowest BCUT2D eigenvalue weighted by Crippen LogP contribution is -3.14. The van der Waals surface area contributed by atoms with Crippen LogP contribution in [0.4, 0.5) is 0 Å². The number of ether oxygens (including phenoxy) is 1. The molecule has 0 radical (unpaired) electrons. The first-order chi connectivity index (χ1) is 14.2. The van der Waals surface area contributed by atoms with Crippen molar-refractivity contribution in [3.8, 4) is 0 Å². The molecule has 1 aromatic heterocycles. The summed E-state index contributed by atoms with van der Waals surface area (Å²) >= 11 is 1.54. The number of carbonyl (C=O) groups excluding carboxylic acids is 1. The quantitative estimate of drug-likeness (QED) is 0.582. The lowest BCUT2D eigenvalue weighted by atomic mass is 10.1. The molecule has 29 heavy (non-hydrogen) atoms. The highest BCUT2D eigenvalue weighted by molar-refractivity contribution is 7.98. The summed E-state index contributed by atoms with van der Waals surface area (Å²) in [6.07, 6.45) is 0. The van der Waals surface area contributed by atoms with Gasteiger partial charge in [-0.15, -0.1) is 0 Å². The lowest BCUT2D eigenvalue weighted by Gasteiger charge is -2.23. The number of fused-ring (bicyclic) bond motifs is 1. The van der Waals surface area contributed by atoms with Crippen molar-refractivity contribution in [3.63, 3.8) is 0 Å². The van der Waals surface area contributed by atoms with Crippen LogP contribution in [-0.2, 0) is 10.5 Å². The molecule has 0 unspecified atom stereocenters. The highest BCUT2D eigenvalue weighted by Gasteiger charge is 2.14. The number of nitrogens with one attached hydrogen (secondary N) is 2. The molecular formula is C22H26N3O3S+. The van der Waals surface area contributed by atoms with Crippen molar-refractivity contribution in [2.24, 2.45) is 0 Å². The highest BCUT2D eigenvalue weighted by Crippen LogP contribution is 2.27. The predicted octanol–water partition coefficient (Wildman–Crippen LogP) is 2.07. The molecule has 1 amide bonds. The van der Waals surface area contributed by atoms with E-state index in [2.05, 4.69) is 10.3 Å². The van der Waals surface area contributed by atoms with E-state index in [-0.39, 0.29) is 5.91 Å². The number of hydrogen-bond acceptors (Lipinski definition) is 5. The van der Waals surface area contributed by atoms with Crippen LogP contribution in [0.1, 0.15) is 21.5 Å². The van der Waals surface area contributed by atoms with Gasteiger partial charge in [0.2, 0.25) is 0 Å². The maximum atomic E-state index is 12.5. The van der Waals surface area contributed by atoms with Gasteiger partial charge < -0.3 is 19.4 Å². The van der Waals surface area contributed by atoms with Crippen LogP contribution in [-0.4, -0.2) is 50.3 Å². The normalized spacial score (nSPS) is 14.9. The van der Waals surface area contributed by atoms with Gasteiger partial charge in [0, 0.05) is 11.3 Å². The van der Waals surface area contributed by atoms with E-state index in [9.17, 15) is 4.79 Å². The van der Waals surface area contributed by atoms with E-state index in [0.29, 0.717) is 23.1 Å². The number of benzene rings is 2. The Hall–Kier alpha value is -2.35. The molecule has 6 nitrogen and oxygen atoms in total. The monoisotopic (exact) mass is 412 g/mol. The fourth-order valence-electron chi connectivity index (χ4n) is 3.44. The number of oxazole rings is 1. The van der Waals surface area contributed by atoms with E-state index in [4.69, 9.17) is 9.15 Å². The van der Waals surface area contributed by atoms with E-state index >= 15 is 0 Å². The summed E-state index contributed by atoms with van der Waals surface area (Å²) in [5, 5.41) is 3.68. The Bertz CT molecular complexity index is 982. The largest absolute Gasteiger partial charge is 0.431 e. The molecule has 1 fully saturated rings. The summed E-state index contributed by atoms with van der Waals surface area (Å²) < 4.78 is 11.2. The summed E-state index contributed by atoms with van der Waals surface area (Å²) in [6, 6.07) is 13.7. The van der Waals surface area contributed by atoms with Crippen LogP contribution >= 0.6 is 11.8 Å². The van der Waals surface area contributed by atoms with Crippen LogP contribution in [0.3, 0.4) is 0 Å². The second kappa shape index (κ2) is 9.43. The number of morpholine rings is 1. The molecule has 7 heteroatoms. The highest BCUT2D eigenvalue weighted by atomic mass is 32.2. The van der Waals surface area contributed by atoms with Gasteiger partial charge in [0.05, 0.1) is 26.3 Å². The molecule has 0 atom stereocenters. The molecule has 152 valence electrons. The fraction of sp³-hybridized carbons (Fsp3) is 0.364. The minimum atomic E-state index is -0.0259.